The molecular weight excluding hydrogens is 408 g/mol. The molecule has 0 atom stereocenters. The molecule has 2 fully saturated rings. The minimum absolute atomic E-state index is 0.461. The summed E-state index contributed by atoms with van der Waals surface area (Å²) in [6.45, 7) is 3.75. The Morgan fingerprint density at radius 1 is 1.21 bits per heavy atom. The van der Waals surface area contributed by atoms with Gasteiger partial charge in [0.05, 0.1) is 18.6 Å². The van der Waals surface area contributed by atoms with Gasteiger partial charge in [-0.2, -0.15) is 0 Å². The Morgan fingerprint density at radius 3 is 2.76 bits per heavy atom. The molecule has 3 heterocycles. The SMILES string of the molecule is O=C(Cl)c1ccc2sc3ncnc(N=C4CCC(N5CCOCC5)CC4)c3c2c1. The van der Waals surface area contributed by atoms with Crippen molar-refractivity contribution in [1.29, 1.82) is 0 Å². The van der Waals surface area contributed by atoms with E-state index >= 15 is 0 Å². The van der Waals surface area contributed by atoms with Crippen LogP contribution in [0.3, 0.4) is 0 Å². The third-order valence-corrected chi connectivity index (χ3v) is 7.13. The molecule has 0 unspecified atom stereocenters. The fourth-order valence-electron chi connectivity index (χ4n) is 4.30. The van der Waals surface area contributed by atoms with Gasteiger partial charge in [0.2, 0.25) is 0 Å². The van der Waals surface area contributed by atoms with E-state index < -0.39 is 5.24 Å². The highest BCUT2D eigenvalue weighted by atomic mass is 35.5. The Morgan fingerprint density at radius 2 is 2.00 bits per heavy atom. The number of morpholine rings is 1. The second-order valence-electron chi connectivity index (χ2n) is 7.52. The molecule has 5 rings (SSSR count). The summed E-state index contributed by atoms with van der Waals surface area (Å²) in [4.78, 5) is 28.9. The van der Waals surface area contributed by atoms with Gasteiger partial charge in [-0.25, -0.2) is 15.0 Å². The lowest BCUT2D eigenvalue weighted by molar-refractivity contribution is 0.0125. The Balaban J connectivity index is 1.45. The summed E-state index contributed by atoms with van der Waals surface area (Å²) >= 11 is 7.27. The third kappa shape index (κ3) is 3.80. The number of rotatable bonds is 3. The van der Waals surface area contributed by atoms with E-state index in [1.165, 1.54) is 5.71 Å². The lowest BCUT2D eigenvalue weighted by atomic mass is 9.92. The van der Waals surface area contributed by atoms with Crippen molar-refractivity contribution in [1.82, 2.24) is 14.9 Å². The monoisotopic (exact) mass is 428 g/mol. The maximum Gasteiger partial charge on any atom is 0.252 e. The molecule has 2 aliphatic rings. The summed E-state index contributed by atoms with van der Waals surface area (Å²) in [6.07, 6.45) is 5.80. The molecule has 29 heavy (non-hydrogen) atoms. The van der Waals surface area contributed by atoms with Gasteiger partial charge in [-0.15, -0.1) is 11.3 Å². The van der Waals surface area contributed by atoms with Crippen LogP contribution in [0.1, 0.15) is 36.0 Å². The number of fused-ring (bicyclic) bond motifs is 3. The van der Waals surface area contributed by atoms with Crippen LogP contribution in [-0.2, 0) is 4.74 Å². The lowest BCUT2D eigenvalue weighted by Crippen LogP contribution is -2.45. The van der Waals surface area contributed by atoms with Crippen molar-refractivity contribution in [2.45, 2.75) is 31.7 Å². The van der Waals surface area contributed by atoms with Gasteiger partial charge in [-0.3, -0.25) is 9.69 Å². The smallest absolute Gasteiger partial charge is 0.252 e. The number of hydrogen-bond donors (Lipinski definition) is 0. The second kappa shape index (κ2) is 8.07. The molecule has 1 aromatic carbocycles. The van der Waals surface area contributed by atoms with Gasteiger partial charge in [-0.1, -0.05) is 0 Å². The van der Waals surface area contributed by atoms with E-state index in [1.807, 2.05) is 12.1 Å². The highest BCUT2D eigenvalue weighted by molar-refractivity contribution is 7.25. The van der Waals surface area contributed by atoms with Crippen molar-refractivity contribution >= 4 is 60.0 Å². The molecule has 1 aliphatic carbocycles. The number of ether oxygens (including phenoxy) is 1. The molecule has 2 aromatic heterocycles. The number of carbonyl (C=O) groups excluding carboxylic acids is 1. The average molecular weight is 429 g/mol. The fraction of sp³-hybridized carbons (Fsp3) is 0.429. The average Bonchev–Trinajstić information content (AvgIpc) is 3.13. The van der Waals surface area contributed by atoms with Gasteiger partial charge in [0, 0.05) is 40.5 Å². The van der Waals surface area contributed by atoms with Crippen molar-refractivity contribution in [3.8, 4) is 0 Å². The fourth-order valence-corrected chi connectivity index (χ4v) is 5.44. The van der Waals surface area contributed by atoms with Gasteiger partial charge in [0.1, 0.15) is 11.2 Å². The molecule has 0 radical (unpaired) electrons. The van der Waals surface area contributed by atoms with Crippen molar-refractivity contribution in [2.75, 3.05) is 26.3 Å². The zero-order chi connectivity index (χ0) is 19.8. The molecule has 1 aliphatic heterocycles. The van der Waals surface area contributed by atoms with E-state index in [-0.39, 0.29) is 0 Å². The Hall–Kier alpha value is -1.93. The molecule has 150 valence electrons. The maximum atomic E-state index is 11.6. The lowest BCUT2D eigenvalue weighted by Gasteiger charge is -2.36. The van der Waals surface area contributed by atoms with Crippen LogP contribution in [0, 0.1) is 0 Å². The van der Waals surface area contributed by atoms with Crippen LogP contribution in [0.2, 0.25) is 0 Å². The van der Waals surface area contributed by atoms with Crippen molar-refractivity contribution in [2.24, 2.45) is 4.99 Å². The van der Waals surface area contributed by atoms with Crippen LogP contribution in [-0.4, -0.2) is 58.2 Å². The highest BCUT2D eigenvalue weighted by Gasteiger charge is 2.25. The summed E-state index contributed by atoms with van der Waals surface area (Å²) < 4.78 is 6.53. The van der Waals surface area contributed by atoms with Crippen LogP contribution in [0.15, 0.2) is 29.5 Å². The maximum absolute atomic E-state index is 11.6. The molecule has 8 heteroatoms. The molecule has 3 aromatic rings. The molecule has 0 N–H and O–H groups in total. The number of aromatic nitrogens is 2. The standard InChI is InChI=1S/C21H21ClN4O2S/c22-19(27)13-1-6-17-16(11-13)18-20(23-12-24-21(18)29-17)25-14-2-4-15(5-3-14)26-7-9-28-10-8-26/h1,6,11-12,15H,2-5,7-10H2. The minimum Gasteiger partial charge on any atom is -0.379 e. The van der Waals surface area contributed by atoms with E-state index in [0.29, 0.717) is 17.4 Å². The molecule has 0 spiro atoms. The van der Waals surface area contributed by atoms with Crippen molar-refractivity contribution in [3.63, 3.8) is 0 Å². The zero-order valence-electron chi connectivity index (χ0n) is 15.9. The second-order valence-corrected chi connectivity index (χ2v) is 8.90. The van der Waals surface area contributed by atoms with Gasteiger partial charge in [0.15, 0.2) is 5.82 Å². The zero-order valence-corrected chi connectivity index (χ0v) is 17.5. The van der Waals surface area contributed by atoms with Crippen LogP contribution < -0.4 is 0 Å². The Labute approximate surface area is 177 Å². The van der Waals surface area contributed by atoms with E-state index in [1.54, 1.807) is 23.7 Å². The third-order valence-electron chi connectivity index (χ3n) is 5.83. The Bertz CT molecular complexity index is 1100. The number of hydrogen-bond acceptors (Lipinski definition) is 7. The van der Waals surface area contributed by atoms with E-state index in [2.05, 4.69) is 14.9 Å². The topological polar surface area (TPSA) is 67.7 Å². The number of nitrogens with zero attached hydrogens (tertiary/aromatic N) is 4. The van der Waals surface area contributed by atoms with Gasteiger partial charge < -0.3 is 4.74 Å². The van der Waals surface area contributed by atoms with Gasteiger partial charge >= 0.3 is 0 Å². The predicted molar refractivity (Wildman–Crippen MR) is 117 cm³/mol. The van der Waals surface area contributed by atoms with Crippen LogP contribution in [0.4, 0.5) is 5.82 Å². The predicted octanol–water partition coefficient (Wildman–Crippen LogP) is 4.57. The normalized spacial score (nSPS) is 21.0. The first-order valence-corrected chi connectivity index (χ1v) is 11.1. The summed E-state index contributed by atoms with van der Waals surface area (Å²) in [5, 5.41) is 1.39. The van der Waals surface area contributed by atoms with Gasteiger partial charge in [0.25, 0.3) is 5.24 Å². The number of halogens is 1. The first kappa shape index (κ1) is 19.1. The van der Waals surface area contributed by atoms with E-state index in [4.69, 9.17) is 21.3 Å². The molecule has 6 nitrogen and oxygen atoms in total. The van der Waals surface area contributed by atoms with E-state index in [9.17, 15) is 4.79 Å². The first-order chi connectivity index (χ1) is 14.2. The molecule has 1 saturated heterocycles. The van der Waals surface area contributed by atoms with Crippen molar-refractivity contribution < 1.29 is 9.53 Å². The molecule has 0 amide bonds. The quantitative estimate of drug-likeness (QED) is 0.571. The number of benzene rings is 1. The molecule has 1 saturated carbocycles. The Kier molecular flexibility index (Phi) is 5.30. The van der Waals surface area contributed by atoms with Crippen LogP contribution >= 0.6 is 22.9 Å². The number of aliphatic imine (C=N–C) groups is 1. The summed E-state index contributed by atoms with van der Waals surface area (Å²) in [7, 11) is 0. The molecule has 0 bridgehead atoms. The summed E-state index contributed by atoms with van der Waals surface area (Å²) in [5.74, 6) is 0.695. The summed E-state index contributed by atoms with van der Waals surface area (Å²) in [6, 6.07) is 6.12. The minimum atomic E-state index is -0.461. The number of thiophene rings is 1. The number of carbonyl (C=O) groups is 1. The first-order valence-electron chi connectivity index (χ1n) is 9.94. The molecular formula is C21H21ClN4O2S. The summed E-state index contributed by atoms with van der Waals surface area (Å²) in [5.41, 5.74) is 1.67. The highest BCUT2D eigenvalue weighted by Crippen LogP contribution is 2.38. The van der Waals surface area contributed by atoms with Crippen LogP contribution in [0.5, 0.6) is 0 Å². The largest absolute Gasteiger partial charge is 0.379 e. The van der Waals surface area contributed by atoms with Gasteiger partial charge in [-0.05, 0) is 55.5 Å². The van der Waals surface area contributed by atoms with Crippen LogP contribution in [0.25, 0.3) is 20.3 Å². The van der Waals surface area contributed by atoms with Crippen molar-refractivity contribution in [3.05, 3.63) is 30.1 Å². The van der Waals surface area contributed by atoms with E-state index in [0.717, 1.165) is 72.3 Å².